The van der Waals surface area contributed by atoms with Crippen molar-refractivity contribution in [2.75, 3.05) is 19.5 Å². The van der Waals surface area contributed by atoms with Crippen LogP contribution in [0.15, 0.2) is 15.8 Å². The van der Waals surface area contributed by atoms with Gasteiger partial charge in [-0.05, 0) is 7.05 Å². The minimum Gasteiger partial charge on any atom is -0.303 e. The Labute approximate surface area is 98.9 Å². The van der Waals surface area contributed by atoms with E-state index in [0.717, 1.165) is 4.57 Å². The summed E-state index contributed by atoms with van der Waals surface area (Å²) in [6.45, 7) is 1.20. The van der Waals surface area contributed by atoms with E-state index in [1.807, 2.05) is 11.9 Å². The van der Waals surface area contributed by atoms with E-state index in [4.69, 9.17) is 11.6 Å². The summed E-state index contributed by atoms with van der Waals surface area (Å²) in [4.78, 5) is 25.2. The molecule has 0 aliphatic carbocycles. The molecule has 0 saturated heterocycles. The molecule has 0 radical (unpaired) electrons. The molecule has 0 amide bonds. The zero-order chi connectivity index (χ0) is 12.3. The normalized spacial score (nSPS) is 11.1. The number of hydrogen-bond acceptors (Lipinski definition) is 3. The van der Waals surface area contributed by atoms with Gasteiger partial charge in [-0.1, -0.05) is 0 Å². The quantitative estimate of drug-likeness (QED) is 0.688. The highest BCUT2D eigenvalue weighted by molar-refractivity contribution is 6.18. The number of nitrogens with zero attached hydrogens (tertiary/aromatic N) is 3. The van der Waals surface area contributed by atoms with Crippen molar-refractivity contribution >= 4 is 11.6 Å². The van der Waals surface area contributed by atoms with E-state index in [1.165, 1.54) is 11.6 Å². The summed E-state index contributed by atoms with van der Waals surface area (Å²) in [6.07, 6.45) is 1.58. The summed E-state index contributed by atoms with van der Waals surface area (Å²) < 4.78 is 2.52. The van der Waals surface area contributed by atoms with Crippen LogP contribution in [-0.2, 0) is 20.6 Å². The van der Waals surface area contributed by atoms with Crippen LogP contribution < -0.4 is 11.2 Å². The Morgan fingerprint density at radius 1 is 1.38 bits per heavy atom. The van der Waals surface area contributed by atoms with Crippen LogP contribution in [-0.4, -0.2) is 33.5 Å². The predicted octanol–water partition coefficient (Wildman–Crippen LogP) is -0.245. The predicted molar refractivity (Wildman–Crippen MR) is 64.0 cm³/mol. The van der Waals surface area contributed by atoms with Crippen molar-refractivity contribution in [3.05, 3.63) is 32.6 Å². The third kappa shape index (κ3) is 2.74. The van der Waals surface area contributed by atoms with Gasteiger partial charge in [-0.25, -0.2) is 4.79 Å². The lowest BCUT2D eigenvalue weighted by atomic mass is 10.3. The van der Waals surface area contributed by atoms with Gasteiger partial charge in [0, 0.05) is 44.8 Å². The van der Waals surface area contributed by atoms with Gasteiger partial charge in [-0.15, -0.1) is 11.6 Å². The summed E-state index contributed by atoms with van der Waals surface area (Å²) in [5, 5.41) is 0. The van der Waals surface area contributed by atoms with Crippen molar-refractivity contribution in [3.8, 4) is 0 Å². The Hall–Kier alpha value is -1.07. The van der Waals surface area contributed by atoms with Crippen LogP contribution in [0, 0.1) is 0 Å². The molecule has 0 fully saturated rings. The Balaban J connectivity index is 3.07. The molecule has 1 aromatic heterocycles. The molecule has 0 aliphatic rings. The van der Waals surface area contributed by atoms with Crippen molar-refractivity contribution in [2.24, 2.45) is 14.1 Å². The lowest BCUT2D eigenvalue weighted by molar-refractivity contribution is 0.343. The number of aryl methyl sites for hydroxylation is 1. The first-order valence-corrected chi connectivity index (χ1v) is 5.51. The first-order chi connectivity index (χ1) is 7.47. The molecule has 0 atom stereocenters. The molecule has 0 aliphatic heterocycles. The maximum atomic E-state index is 11.8. The first-order valence-electron chi connectivity index (χ1n) is 4.97. The maximum Gasteiger partial charge on any atom is 0.330 e. The number of alkyl halides is 1. The fourth-order valence-electron chi connectivity index (χ4n) is 1.51. The van der Waals surface area contributed by atoms with E-state index >= 15 is 0 Å². The van der Waals surface area contributed by atoms with Crippen LogP contribution in [0.3, 0.4) is 0 Å². The van der Waals surface area contributed by atoms with Gasteiger partial charge in [0.05, 0.1) is 0 Å². The first kappa shape index (κ1) is 13.0. The number of aromatic nitrogens is 2. The molecule has 16 heavy (non-hydrogen) atoms. The molecule has 0 spiro atoms. The molecule has 1 heterocycles. The van der Waals surface area contributed by atoms with Crippen LogP contribution in [0.5, 0.6) is 0 Å². The molecule has 0 aromatic carbocycles. The number of halogens is 1. The summed E-state index contributed by atoms with van der Waals surface area (Å²) in [5.74, 6) is 0.516. The number of rotatable bonds is 4. The zero-order valence-electron chi connectivity index (χ0n) is 9.73. The molecular weight excluding hydrogens is 230 g/mol. The average molecular weight is 246 g/mol. The van der Waals surface area contributed by atoms with Gasteiger partial charge in [-0.2, -0.15) is 0 Å². The van der Waals surface area contributed by atoms with Crippen LogP contribution >= 0.6 is 11.6 Å². The lowest BCUT2D eigenvalue weighted by Gasteiger charge is -2.15. The fourth-order valence-corrected chi connectivity index (χ4v) is 1.79. The third-order valence-electron chi connectivity index (χ3n) is 2.42. The van der Waals surface area contributed by atoms with Crippen LogP contribution in [0.25, 0.3) is 0 Å². The summed E-state index contributed by atoms with van der Waals surface area (Å²) in [6, 6.07) is 0. The standard InChI is InChI=1S/C10H16ClN3O2/c1-12(5-4-11)6-8-7-13(2)10(16)14(3)9(8)15/h7H,4-6H2,1-3H3. The van der Waals surface area contributed by atoms with Crippen LogP contribution in [0.2, 0.25) is 0 Å². The Morgan fingerprint density at radius 2 is 2.00 bits per heavy atom. The summed E-state index contributed by atoms with van der Waals surface area (Å²) in [7, 11) is 5.00. The van der Waals surface area contributed by atoms with E-state index in [0.29, 0.717) is 24.5 Å². The minimum atomic E-state index is -0.311. The van der Waals surface area contributed by atoms with Gasteiger partial charge < -0.3 is 9.47 Å². The lowest BCUT2D eigenvalue weighted by Crippen LogP contribution is -2.39. The maximum absolute atomic E-state index is 11.8. The SMILES string of the molecule is CN(CCCl)Cc1cn(C)c(=O)n(C)c1=O. The fraction of sp³-hybridized carbons (Fsp3) is 0.600. The summed E-state index contributed by atoms with van der Waals surface area (Å²) in [5.41, 5.74) is 0.0375. The molecule has 0 bridgehead atoms. The smallest absolute Gasteiger partial charge is 0.303 e. The second kappa shape index (κ2) is 5.32. The van der Waals surface area contributed by atoms with Gasteiger partial charge in [0.2, 0.25) is 0 Å². The van der Waals surface area contributed by atoms with Crippen molar-refractivity contribution < 1.29 is 0 Å². The summed E-state index contributed by atoms with van der Waals surface area (Å²) >= 11 is 5.61. The second-order valence-electron chi connectivity index (χ2n) is 3.84. The van der Waals surface area contributed by atoms with E-state index in [-0.39, 0.29) is 11.2 Å². The van der Waals surface area contributed by atoms with Gasteiger partial charge >= 0.3 is 5.69 Å². The molecular formula is C10H16ClN3O2. The van der Waals surface area contributed by atoms with Crippen LogP contribution in [0.1, 0.15) is 5.56 Å². The van der Waals surface area contributed by atoms with E-state index in [9.17, 15) is 9.59 Å². The third-order valence-corrected chi connectivity index (χ3v) is 2.59. The van der Waals surface area contributed by atoms with Gasteiger partial charge in [0.1, 0.15) is 0 Å². The Morgan fingerprint density at radius 3 is 2.56 bits per heavy atom. The highest BCUT2D eigenvalue weighted by Gasteiger charge is 2.08. The zero-order valence-corrected chi connectivity index (χ0v) is 10.5. The number of hydrogen-bond donors (Lipinski definition) is 0. The molecule has 1 aromatic rings. The van der Waals surface area contributed by atoms with Crippen molar-refractivity contribution in [1.82, 2.24) is 14.0 Å². The largest absolute Gasteiger partial charge is 0.330 e. The van der Waals surface area contributed by atoms with Crippen molar-refractivity contribution in [1.29, 1.82) is 0 Å². The topological polar surface area (TPSA) is 47.2 Å². The highest BCUT2D eigenvalue weighted by Crippen LogP contribution is 1.95. The average Bonchev–Trinajstić information content (AvgIpc) is 2.23. The molecule has 1 rings (SSSR count). The van der Waals surface area contributed by atoms with Crippen LogP contribution in [0.4, 0.5) is 0 Å². The monoisotopic (exact) mass is 245 g/mol. The van der Waals surface area contributed by atoms with E-state index < -0.39 is 0 Å². The van der Waals surface area contributed by atoms with Gasteiger partial charge in [0.25, 0.3) is 5.56 Å². The van der Waals surface area contributed by atoms with Crippen molar-refractivity contribution in [3.63, 3.8) is 0 Å². The highest BCUT2D eigenvalue weighted by atomic mass is 35.5. The van der Waals surface area contributed by atoms with E-state index in [1.54, 1.807) is 13.2 Å². The molecule has 90 valence electrons. The van der Waals surface area contributed by atoms with Crippen molar-refractivity contribution in [2.45, 2.75) is 6.54 Å². The molecule has 0 saturated carbocycles. The molecule has 0 N–H and O–H groups in total. The van der Waals surface area contributed by atoms with E-state index in [2.05, 4.69) is 0 Å². The molecule has 5 nitrogen and oxygen atoms in total. The van der Waals surface area contributed by atoms with Gasteiger partial charge in [0.15, 0.2) is 0 Å². The van der Waals surface area contributed by atoms with Gasteiger partial charge in [-0.3, -0.25) is 9.36 Å². The Bertz CT molecular complexity index is 478. The molecule has 0 unspecified atom stereocenters. The second-order valence-corrected chi connectivity index (χ2v) is 4.22. The Kier molecular flexibility index (Phi) is 4.32. The molecule has 6 heteroatoms. The minimum absolute atomic E-state index is 0.246.